The zero-order valence-corrected chi connectivity index (χ0v) is 8.93. The second-order valence-corrected chi connectivity index (χ2v) is 3.41. The Bertz CT molecular complexity index is 563. The number of hydrogen-bond donors (Lipinski definition) is 0. The fraction of sp³-hybridized carbons (Fsp3) is 0.0769. The van der Waals surface area contributed by atoms with Gasteiger partial charge in [0.25, 0.3) is 0 Å². The summed E-state index contributed by atoms with van der Waals surface area (Å²) in [6.07, 6.45) is 1.50. The summed E-state index contributed by atoms with van der Waals surface area (Å²) in [6, 6.07) is 11.3. The van der Waals surface area contributed by atoms with E-state index < -0.39 is 0 Å². The normalized spacial score (nSPS) is 9.65. The highest BCUT2D eigenvalue weighted by atomic mass is 19.1. The molecule has 0 atom stereocenters. The molecule has 2 rings (SSSR count). The van der Waals surface area contributed by atoms with Crippen LogP contribution in [0, 0.1) is 17.1 Å². The Morgan fingerprint density at radius 3 is 2.94 bits per heavy atom. The van der Waals surface area contributed by atoms with Crippen LogP contribution in [-0.4, -0.2) is 4.98 Å². The molecule has 84 valence electrons. The molecule has 0 aliphatic carbocycles. The summed E-state index contributed by atoms with van der Waals surface area (Å²) in [4.78, 5) is 3.96. The van der Waals surface area contributed by atoms with Crippen LogP contribution in [-0.2, 0) is 6.61 Å². The number of ether oxygens (including phenoxy) is 1. The number of rotatable bonds is 3. The number of nitrogens with zero attached hydrogens (tertiary/aromatic N) is 2. The first-order valence-corrected chi connectivity index (χ1v) is 5.01. The minimum absolute atomic E-state index is 0.222. The molecule has 0 saturated carbocycles. The molecule has 2 aromatic rings. The van der Waals surface area contributed by atoms with E-state index in [1.807, 2.05) is 6.07 Å². The quantitative estimate of drug-likeness (QED) is 0.811. The zero-order valence-electron chi connectivity index (χ0n) is 8.93. The molecule has 0 aliphatic heterocycles. The van der Waals surface area contributed by atoms with Gasteiger partial charge in [-0.15, -0.1) is 0 Å². The van der Waals surface area contributed by atoms with E-state index in [2.05, 4.69) is 4.98 Å². The average Bonchev–Trinajstić information content (AvgIpc) is 2.37. The number of hydrogen-bond acceptors (Lipinski definition) is 3. The minimum atomic E-state index is -0.301. The Kier molecular flexibility index (Phi) is 3.31. The van der Waals surface area contributed by atoms with Gasteiger partial charge in [0.1, 0.15) is 12.4 Å². The third-order valence-corrected chi connectivity index (χ3v) is 2.14. The zero-order chi connectivity index (χ0) is 12.1. The van der Waals surface area contributed by atoms with Gasteiger partial charge >= 0.3 is 0 Å². The number of benzene rings is 1. The molecule has 0 saturated heterocycles. The van der Waals surface area contributed by atoms with Gasteiger partial charge < -0.3 is 4.74 Å². The van der Waals surface area contributed by atoms with Gasteiger partial charge in [0.05, 0.1) is 11.6 Å². The lowest BCUT2D eigenvalue weighted by molar-refractivity contribution is 0.293. The Hall–Kier alpha value is -2.41. The van der Waals surface area contributed by atoms with Crippen molar-refractivity contribution in [2.24, 2.45) is 0 Å². The van der Waals surface area contributed by atoms with Crippen LogP contribution in [0.15, 0.2) is 42.6 Å². The maximum Gasteiger partial charge on any atom is 0.214 e. The van der Waals surface area contributed by atoms with Crippen molar-refractivity contribution in [3.63, 3.8) is 0 Å². The molecule has 3 nitrogen and oxygen atoms in total. The third kappa shape index (κ3) is 3.02. The van der Waals surface area contributed by atoms with Crippen LogP contribution in [0.1, 0.15) is 11.1 Å². The first kappa shape index (κ1) is 11.1. The molecule has 0 spiro atoms. The van der Waals surface area contributed by atoms with Crippen LogP contribution in [0.3, 0.4) is 0 Å². The van der Waals surface area contributed by atoms with Crippen molar-refractivity contribution in [1.82, 2.24) is 4.98 Å². The second-order valence-electron chi connectivity index (χ2n) is 3.41. The van der Waals surface area contributed by atoms with Crippen LogP contribution in [0.2, 0.25) is 0 Å². The van der Waals surface area contributed by atoms with Gasteiger partial charge in [0.2, 0.25) is 5.88 Å². The molecule has 1 aromatic heterocycles. The second kappa shape index (κ2) is 5.08. The lowest BCUT2D eigenvalue weighted by atomic mass is 10.2. The number of pyridine rings is 1. The SMILES string of the molecule is N#Cc1ccnc(OCc2cccc(F)c2)c1. The topological polar surface area (TPSA) is 45.9 Å². The highest BCUT2D eigenvalue weighted by Crippen LogP contribution is 2.11. The van der Waals surface area contributed by atoms with Gasteiger partial charge in [-0.25, -0.2) is 9.37 Å². The Morgan fingerprint density at radius 1 is 1.29 bits per heavy atom. The first-order valence-electron chi connectivity index (χ1n) is 5.01. The Balaban J connectivity index is 2.05. The Labute approximate surface area is 98.1 Å². The summed E-state index contributed by atoms with van der Waals surface area (Å²) >= 11 is 0. The summed E-state index contributed by atoms with van der Waals surface area (Å²) in [5.41, 5.74) is 1.20. The summed E-state index contributed by atoms with van der Waals surface area (Å²) in [6.45, 7) is 0.222. The van der Waals surface area contributed by atoms with Crippen LogP contribution in [0.5, 0.6) is 5.88 Å². The lowest BCUT2D eigenvalue weighted by Crippen LogP contribution is -1.97. The van der Waals surface area contributed by atoms with E-state index in [9.17, 15) is 4.39 Å². The van der Waals surface area contributed by atoms with Crippen molar-refractivity contribution in [2.45, 2.75) is 6.61 Å². The molecule has 0 amide bonds. The van der Waals surface area contributed by atoms with Gasteiger partial charge in [0.15, 0.2) is 0 Å². The highest BCUT2D eigenvalue weighted by Gasteiger charge is 1.99. The monoisotopic (exact) mass is 228 g/mol. The minimum Gasteiger partial charge on any atom is -0.473 e. The molecule has 0 aliphatic rings. The van der Waals surface area contributed by atoms with Crippen LogP contribution < -0.4 is 4.74 Å². The van der Waals surface area contributed by atoms with E-state index >= 15 is 0 Å². The van der Waals surface area contributed by atoms with E-state index in [4.69, 9.17) is 10.00 Å². The van der Waals surface area contributed by atoms with Crippen molar-refractivity contribution in [1.29, 1.82) is 5.26 Å². The van der Waals surface area contributed by atoms with E-state index in [0.717, 1.165) is 0 Å². The van der Waals surface area contributed by atoms with Crippen molar-refractivity contribution in [3.8, 4) is 11.9 Å². The molecule has 4 heteroatoms. The molecule has 1 heterocycles. The Morgan fingerprint density at radius 2 is 2.18 bits per heavy atom. The van der Waals surface area contributed by atoms with E-state index in [0.29, 0.717) is 17.0 Å². The van der Waals surface area contributed by atoms with E-state index in [1.165, 1.54) is 18.3 Å². The average molecular weight is 228 g/mol. The largest absolute Gasteiger partial charge is 0.473 e. The molecule has 17 heavy (non-hydrogen) atoms. The van der Waals surface area contributed by atoms with E-state index in [1.54, 1.807) is 24.3 Å². The van der Waals surface area contributed by atoms with Gasteiger partial charge in [-0.2, -0.15) is 5.26 Å². The smallest absolute Gasteiger partial charge is 0.214 e. The summed E-state index contributed by atoms with van der Waals surface area (Å²) in [5.74, 6) is 0.0538. The van der Waals surface area contributed by atoms with Crippen molar-refractivity contribution >= 4 is 0 Å². The standard InChI is InChI=1S/C13H9FN2O/c14-12-3-1-2-11(6-12)9-17-13-7-10(8-15)4-5-16-13/h1-7H,9H2. The van der Waals surface area contributed by atoms with E-state index in [-0.39, 0.29) is 12.4 Å². The number of halogens is 1. The molecule has 1 aromatic carbocycles. The summed E-state index contributed by atoms with van der Waals surface area (Å²) in [7, 11) is 0. The van der Waals surface area contributed by atoms with Gasteiger partial charge in [-0.3, -0.25) is 0 Å². The first-order chi connectivity index (χ1) is 8.28. The third-order valence-electron chi connectivity index (χ3n) is 2.14. The maximum atomic E-state index is 12.9. The number of aromatic nitrogens is 1. The van der Waals surface area contributed by atoms with Crippen LogP contribution >= 0.6 is 0 Å². The van der Waals surface area contributed by atoms with Crippen molar-refractivity contribution in [3.05, 3.63) is 59.5 Å². The van der Waals surface area contributed by atoms with Gasteiger partial charge in [-0.05, 0) is 23.8 Å². The van der Waals surface area contributed by atoms with Crippen LogP contribution in [0.4, 0.5) is 4.39 Å². The molecular weight excluding hydrogens is 219 g/mol. The van der Waals surface area contributed by atoms with Crippen molar-refractivity contribution in [2.75, 3.05) is 0 Å². The van der Waals surface area contributed by atoms with Crippen LogP contribution in [0.25, 0.3) is 0 Å². The molecule has 0 unspecified atom stereocenters. The molecule has 0 fully saturated rings. The molecular formula is C13H9FN2O. The predicted molar refractivity (Wildman–Crippen MR) is 59.7 cm³/mol. The lowest BCUT2D eigenvalue weighted by Gasteiger charge is -2.05. The predicted octanol–water partition coefficient (Wildman–Crippen LogP) is 2.67. The maximum absolute atomic E-state index is 12.9. The molecule has 0 N–H and O–H groups in total. The number of nitriles is 1. The molecule has 0 radical (unpaired) electrons. The summed E-state index contributed by atoms with van der Waals surface area (Å²) in [5, 5.41) is 8.70. The molecule has 0 bridgehead atoms. The fourth-order valence-electron chi connectivity index (χ4n) is 1.34. The fourth-order valence-corrected chi connectivity index (χ4v) is 1.34. The van der Waals surface area contributed by atoms with Gasteiger partial charge in [0, 0.05) is 12.3 Å². The van der Waals surface area contributed by atoms with Gasteiger partial charge in [-0.1, -0.05) is 12.1 Å². The van der Waals surface area contributed by atoms with Crippen molar-refractivity contribution < 1.29 is 9.13 Å². The highest BCUT2D eigenvalue weighted by molar-refractivity contribution is 5.31. The summed E-state index contributed by atoms with van der Waals surface area (Å²) < 4.78 is 18.3.